The number of nitrogens with one attached hydrogen (secondary N) is 1. The number of nitrogens with zero attached hydrogens (tertiary/aromatic N) is 2. The summed E-state index contributed by atoms with van der Waals surface area (Å²) in [6.45, 7) is 2.39. The molecule has 0 aliphatic heterocycles. The fourth-order valence-electron chi connectivity index (χ4n) is 2.00. The minimum Gasteiger partial charge on any atom is -0.497 e. The first-order chi connectivity index (χ1) is 10.1. The molecule has 0 fully saturated rings. The monoisotopic (exact) mass is 287 g/mol. The van der Waals surface area contributed by atoms with Gasteiger partial charge in [-0.15, -0.1) is 0 Å². The first-order valence-electron chi connectivity index (χ1n) is 6.58. The Kier molecular flexibility index (Phi) is 4.71. The second-order valence-corrected chi connectivity index (χ2v) is 4.64. The van der Waals surface area contributed by atoms with Gasteiger partial charge in [0.1, 0.15) is 17.8 Å². The van der Waals surface area contributed by atoms with E-state index in [2.05, 4.69) is 10.3 Å². The number of nitro groups is 1. The van der Waals surface area contributed by atoms with Crippen LogP contribution < -0.4 is 10.1 Å². The van der Waals surface area contributed by atoms with Crippen LogP contribution in [0, 0.1) is 17.0 Å². The lowest BCUT2D eigenvalue weighted by atomic mass is 10.1. The summed E-state index contributed by atoms with van der Waals surface area (Å²) in [7, 11) is 1.64. The van der Waals surface area contributed by atoms with Crippen LogP contribution in [-0.2, 0) is 6.42 Å². The Bertz CT molecular complexity index is 644. The van der Waals surface area contributed by atoms with E-state index < -0.39 is 4.92 Å². The third-order valence-corrected chi connectivity index (χ3v) is 3.13. The summed E-state index contributed by atoms with van der Waals surface area (Å²) >= 11 is 0. The second-order valence-electron chi connectivity index (χ2n) is 4.64. The van der Waals surface area contributed by atoms with Gasteiger partial charge in [0.05, 0.1) is 12.0 Å². The van der Waals surface area contributed by atoms with Gasteiger partial charge < -0.3 is 10.1 Å². The normalized spacial score (nSPS) is 10.2. The molecule has 1 N–H and O–H groups in total. The third-order valence-electron chi connectivity index (χ3n) is 3.13. The zero-order chi connectivity index (χ0) is 15.2. The topological polar surface area (TPSA) is 77.3 Å². The van der Waals surface area contributed by atoms with E-state index in [-0.39, 0.29) is 5.69 Å². The predicted octanol–water partition coefficient (Wildman–Crippen LogP) is 2.96. The molecule has 0 atom stereocenters. The van der Waals surface area contributed by atoms with E-state index in [0.29, 0.717) is 17.9 Å². The van der Waals surface area contributed by atoms with Crippen molar-refractivity contribution in [1.82, 2.24) is 4.98 Å². The number of ether oxygens (including phenoxy) is 1. The van der Waals surface area contributed by atoms with Crippen LogP contribution in [0.4, 0.5) is 11.5 Å². The molecule has 1 heterocycles. The molecule has 0 aliphatic rings. The van der Waals surface area contributed by atoms with Gasteiger partial charge in [-0.1, -0.05) is 12.1 Å². The Labute approximate surface area is 122 Å². The van der Waals surface area contributed by atoms with Crippen molar-refractivity contribution in [2.24, 2.45) is 0 Å². The van der Waals surface area contributed by atoms with Crippen LogP contribution >= 0.6 is 0 Å². The van der Waals surface area contributed by atoms with E-state index >= 15 is 0 Å². The number of anilines is 1. The average Bonchev–Trinajstić information content (AvgIpc) is 2.47. The molecule has 6 nitrogen and oxygen atoms in total. The van der Waals surface area contributed by atoms with Gasteiger partial charge in [0.25, 0.3) is 5.69 Å². The highest BCUT2D eigenvalue weighted by molar-refractivity contribution is 5.46. The molecule has 0 bridgehead atoms. The second kappa shape index (κ2) is 6.69. The van der Waals surface area contributed by atoms with E-state index in [0.717, 1.165) is 17.7 Å². The molecule has 0 saturated carbocycles. The molecule has 0 spiro atoms. The lowest BCUT2D eigenvalue weighted by Gasteiger charge is -2.07. The molecule has 6 heteroatoms. The van der Waals surface area contributed by atoms with Gasteiger partial charge in [-0.3, -0.25) is 10.1 Å². The molecule has 1 aromatic carbocycles. The van der Waals surface area contributed by atoms with Crippen molar-refractivity contribution in [2.45, 2.75) is 13.3 Å². The molecule has 2 rings (SSSR count). The average molecular weight is 287 g/mol. The maximum Gasteiger partial charge on any atom is 0.290 e. The number of rotatable bonds is 6. The number of hydrogen-bond donors (Lipinski definition) is 1. The third kappa shape index (κ3) is 3.92. The summed E-state index contributed by atoms with van der Waals surface area (Å²) in [4.78, 5) is 14.3. The van der Waals surface area contributed by atoms with E-state index in [1.165, 1.54) is 6.20 Å². The minimum atomic E-state index is -0.428. The Morgan fingerprint density at radius 3 is 2.86 bits per heavy atom. The van der Waals surface area contributed by atoms with Crippen molar-refractivity contribution in [3.8, 4) is 5.75 Å². The molecular formula is C15H17N3O3. The lowest BCUT2D eigenvalue weighted by molar-refractivity contribution is -0.385. The van der Waals surface area contributed by atoms with E-state index in [1.807, 2.05) is 24.3 Å². The van der Waals surface area contributed by atoms with Gasteiger partial charge in [-0.2, -0.15) is 0 Å². The van der Waals surface area contributed by atoms with E-state index in [1.54, 1.807) is 20.1 Å². The quantitative estimate of drug-likeness (QED) is 0.653. The van der Waals surface area contributed by atoms with Gasteiger partial charge >= 0.3 is 0 Å². The molecule has 1 aromatic heterocycles. The molecule has 0 amide bonds. The van der Waals surface area contributed by atoms with Crippen molar-refractivity contribution in [3.63, 3.8) is 0 Å². The van der Waals surface area contributed by atoms with E-state index in [9.17, 15) is 10.1 Å². The number of hydrogen-bond acceptors (Lipinski definition) is 5. The van der Waals surface area contributed by atoms with Gasteiger partial charge in [0.15, 0.2) is 0 Å². The van der Waals surface area contributed by atoms with Crippen molar-refractivity contribution >= 4 is 11.5 Å². The largest absolute Gasteiger partial charge is 0.497 e. The smallest absolute Gasteiger partial charge is 0.290 e. The number of pyridine rings is 1. The van der Waals surface area contributed by atoms with Gasteiger partial charge in [0, 0.05) is 12.1 Å². The van der Waals surface area contributed by atoms with Crippen LogP contribution in [0.3, 0.4) is 0 Å². The maximum absolute atomic E-state index is 10.7. The number of aromatic nitrogens is 1. The van der Waals surface area contributed by atoms with Crippen molar-refractivity contribution < 1.29 is 9.66 Å². The predicted molar refractivity (Wildman–Crippen MR) is 80.8 cm³/mol. The summed E-state index contributed by atoms with van der Waals surface area (Å²) in [5, 5.41) is 13.9. The fraction of sp³-hybridized carbons (Fsp3) is 0.267. The van der Waals surface area contributed by atoms with Crippen LogP contribution in [0.1, 0.15) is 11.1 Å². The van der Waals surface area contributed by atoms with Gasteiger partial charge in [0.2, 0.25) is 0 Å². The highest BCUT2D eigenvalue weighted by Gasteiger charge is 2.11. The molecule has 0 saturated heterocycles. The molecule has 0 aliphatic carbocycles. The van der Waals surface area contributed by atoms with Crippen molar-refractivity contribution in [3.05, 3.63) is 57.8 Å². The number of methoxy groups -OCH3 is 1. The van der Waals surface area contributed by atoms with E-state index in [4.69, 9.17) is 4.74 Å². The summed E-state index contributed by atoms with van der Waals surface area (Å²) in [5.74, 6) is 1.47. The highest BCUT2D eigenvalue weighted by atomic mass is 16.6. The SMILES string of the molecule is COc1cccc(CCNc2cc(C)c([N+](=O)[O-])cn2)c1. The van der Waals surface area contributed by atoms with Crippen LogP contribution in [-0.4, -0.2) is 23.6 Å². The van der Waals surface area contributed by atoms with Crippen LogP contribution in [0.5, 0.6) is 5.75 Å². The fourth-order valence-corrected chi connectivity index (χ4v) is 2.00. The maximum atomic E-state index is 10.7. The molecule has 0 radical (unpaired) electrons. The van der Waals surface area contributed by atoms with Crippen LogP contribution in [0.2, 0.25) is 0 Å². The first-order valence-corrected chi connectivity index (χ1v) is 6.58. The van der Waals surface area contributed by atoms with Gasteiger partial charge in [-0.05, 0) is 37.1 Å². The molecule has 0 unspecified atom stereocenters. The zero-order valence-electron chi connectivity index (χ0n) is 12.0. The summed E-state index contributed by atoms with van der Waals surface area (Å²) < 4.78 is 5.17. The summed E-state index contributed by atoms with van der Waals surface area (Å²) in [6.07, 6.45) is 2.10. The standard InChI is InChI=1S/C15H17N3O3/c1-11-8-15(17-10-14(11)18(19)20)16-7-6-12-4-3-5-13(9-12)21-2/h3-5,8-10H,6-7H2,1-2H3,(H,16,17). The molecular weight excluding hydrogens is 270 g/mol. The number of benzene rings is 1. The Morgan fingerprint density at radius 1 is 1.38 bits per heavy atom. The van der Waals surface area contributed by atoms with Gasteiger partial charge in [-0.25, -0.2) is 4.98 Å². The Morgan fingerprint density at radius 2 is 2.19 bits per heavy atom. The molecule has 110 valence electrons. The minimum absolute atomic E-state index is 0.0355. The molecule has 2 aromatic rings. The van der Waals surface area contributed by atoms with Crippen molar-refractivity contribution in [2.75, 3.05) is 19.0 Å². The number of aryl methyl sites for hydroxylation is 1. The summed E-state index contributed by atoms with van der Waals surface area (Å²) in [6, 6.07) is 9.54. The Balaban J connectivity index is 1.94. The van der Waals surface area contributed by atoms with Crippen LogP contribution in [0.25, 0.3) is 0 Å². The lowest BCUT2D eigenvalue weighted by Crippen LogP contribution is -2.07. The highest BCUT2D eigenvalue weighted by Crippen LogP contribution is 2.19. The first kappa shape index (κ1) is 14.8. The van der Waals surface area contributed by atoms with Crippen LogP contribution in [0.15, 0.2) is 36.5 Å². The zero-order valence-corrected chi connectivity index (χ0v) is 12.0. The van der Waals surface area contributed by atoms with Crippen molar-refractivity contribution in [1.29, 1.82) is 0 Å². The molecule has 21 heavy (non-hydrogen) atoms. The Hall–Kier alpha value is -2.63. The summed E-state index contributed by atoms with van der Waals surface area (Å²) in [5.41, 5.74) is 1.78.